The maximum absolute atomic E-state index is 12.7. The molecule has 3 aromatic rings. The number of nitrogens with one attached hydrogen (secondary N) is 4. The number of hydrogen-bond donors (Lipinski definition) is 4. The minimum Gasteiger partial charge on any atom is -0.372 e. The van der Waals surface area contributed by atoms with Crippen molar-refractivity contribution >= 4 is 40.2 Å². The summed E-state index contributed by atoms with van der Waals surface area (Å²) in [6.07, 6.45) is 9.67. The second-order valence-corrected chi connectivity index (χ2v) is 9.55. The van der Waals surface area contributed by atoms with Crippen molar-refractivity contribution in [2.45, 2.75) is 31.7 Å². The van der Waals surface area contributed by atoms with Crippen molar-refractivity contribution in [3.8, 4) is 11.8 Å². The predicted octanol–water partition coefficient (Wildman–Crippen LogP) is 2.49. The summed E-state index contributed by atoms with van der Waals surface area (Å²) in [7, 11) is 5.68. The molecule has 39 heavy (non-hydrogen) atoms. The van der Waals surface area contributed by atoms with Gasteiger partial charge < -0.3 is 25.8 Å². The number of amides is 2. The second-order valence-electron chi connectivity index (χ2n) is 9.55. The molecule has 0 bridgehead atoms. The Bertz CT molecular complexity index is 1390. The van der Waals surface area contributed by atoms with Crippen LogP contribution < -0.4 is 16.0 Å². The van der Waals surface area contributed by atoms with Crippen LogP contribution in [0.2, 0.25) is 0 Å². The monoisotopic (exact) mass is 529 g/mol. The number of aromatic amines is 1. The highest BCUT2D eigenvalue weighted by Gasteiger charge is 2.32. The third kappa shape index (κ3) is 7.55. The lowest BCUT2D eigenvalue weighted by molar-refractivity contribution is -0.135. The van der Waals surface area contributed by atoms with Crippen LogP contribution in [0.15, 0.2) is 42.7 Å². The number of anilines is 3. The van der Waals surface area contributed by atoms with Gasteiger partial charge in [-0.25, -0.2) is 4.98 Å². The molecule has 1 atom stereocenters. The molecule has 2 amide bonds. The Balaban J connectivity index is 1.24. The Hall–Kier alpha value is -4.43. The minimum absolute atomic E-state index is 0.101. The summed E-state index contributed by atoms with van der Waals surface area (Å²) in [5.74, 6) is 7.13. The molecule has 1 aliphatic heterocycles. The minimum atomic E-state index is -0.406. The number of H-pyrrole nitrogens is 1. The lowest BCUT2D eigenvalue weighted by Gasteiger charge is -2.22. The van der Waals surface area contributed by atoms with Crippen LogP contribution in [0.4, 0.5) is 17.5 Å². The normalized spacial score (nSPS) is 15.0. The standard InChI is InChI=1S/C28H35N9O2/c1-29-26-20(18-31-28(34-26)33-22-12-13-23-21(17-22)19-32-35-23)9-5-4-6-14-30-27(39)24-10-7-16-37(24)25(38)11-8-15-36(2)3/h8,11-13,17-19,24H,4,6-7,10,14-16H2,1-3H3,(H,30,39)(H,32,35)(H2,29,31,33,34). The highest BCUT2D eigenvalue weighted by molar-refractivity contribution is 5.93. The molecule has 2 aromatic heterocycles. The molecular formula is C28H35N9O2. The van der Waals surface area contributed by atoms with Crippen LogP contribution in [0.1, 0.15) is 31.2 Å². The van der Waals surface area contributed by atoms with Crippen molar-refractivity contribution in [3.05, 3.63) is 48.3 Å². The van der Waals surface area contributed by atoms with Gasteiger partial charge in [-0.2, -0.15) is 10.1 Å². The van der Waals surface area contributed by atoms with Gasteiger partial charge in [0.1, 0.15) is 11.9 Å². The van der Waals surface area contributed by atoms with Gasteiger partial charge in [0.25, 0.3) is 0 Å². The molecule has 11 heteroatoms. The molecule has 204 valence electrons. The van der Waals surface area contributed by atoms with E-state index in [0.29, 0.717) is 56.2 Å². The number of likely N-dealkylation sites (N-methyl/N-ethyl adjacent to an activating group) is 1. The highest BCUT2D eigenvalue weighted by Crippen LogP contribution is 2.21. The van der Waals surface area contributed by atoms with Crippen LogP contribution in [-0.2, 0) is 9.59 Å². The van der Waals surface area contributed by atoms with E-state index >= 15 is 0 Å². The van der Waals surface area contributed by atoms with Crippen LogP contribution >= 0.6 is 0 Å². The first-order valence-corrected chi connectivity index (χ1v) is 13.1. The topological polar surface area (TPSA) is 131 Å². The predicted molar refractivity (Wildman–Crippen MR) is 153 cm³/mol. The Labute approximate surface area is 228 Å². The first kappa shape index (κ1) is 27.6. The van der Waals surface area contributed by atoms with Gasteiger partial charge in [-0.1, -0.05) is 17.9 Å². The number of benzene rings is 1. The maximum Gasteiger partial charge on any atom is 0.246 e. The van der Waals surface area contributed by atoms with E-state index in [-0.39, 0.29) is 11.8 Å². The number of rotatable bonds is 10. The van der Waals surface area contributed by atoms with Gasteiger partial charge in [-0.15, -0.1) is 0 Å². The second kappa shape index (κ2) is 13.4. The fourth-order valence-electron chi connectivity index (χ4n) is 4.30. The van der Waals surface area contributed by atoms with Crippen molar-refractivity contribution in [1.29, 1.82) is 0 Å². The van der Waals surface area contributed by atoms with E-state index in [2.05, 4.69) is 48.0 Å². The molecule has 0 spiro atoms. The third-order valence-corrected chi connectivity index (χ3v) is 6.29. The van der Waals surface area contributed by atoms with E-state index in [4.69, 9.17) is 0 Å². The molecule has 0 aliphatic carbocycles. The Morgan fingerprint density at radius 2 is 2.15 bits per heavy atom. The average molecular weight is 530 g/mol. The third-order valence-electron chi connectivity index (χ3n) is 6.29. The summed E-state index contributed by atoms with van der Waals surface area (Å²) in [6, 6.07) is 5.44. The Morgan fingerprint density at radius 1 is 1.28 bits per heavy atom. The van der Waals surface area contributed by atoms with Gasteiger partial charge in [-0.05, 0) is 51.6 Å². The van der Waals surface area contributed by atoms with Crippen molar-refractivity contribution < 1.29 is 9.59 Å². The van der Waals surface area contributed by atoms with Gasteiger partial charge in [0, 0.05) is 50.3 Å². The van der Waals surface area contributed by atoms with Crippen LogP contribution in [0, 0.1) is 11.8 Å². The van der Waals surface area contributed by atoms with E-state index in [9.17, 15) is 9.59 Å². The molecule has 1 aromatic carbocycles. The Kier molecular flexibility index (Phi) is 9.48. The number of aromatic nitrogens is 4. The molecule has 0 radical (unpaired) electrons. The lowest BCUT2D eigenvalue weighted by atomic mass is 10.2. The van der Waals surface area contributed by atoms with E-state index in [1.54, 1.807) is 30.4 Å². The number of unbranched alkanes of at least 4 members (excludes halogenated alkanes) is 1. The summed E-state index contributed by atoms with van der Waals surface area (Å²) in [6.45, 7) is 1.80. The van der Waals surface area contributed by atoms with Gasteiger partial charge in [0.2, 0.25) is 17.8 Å². The van der Waals surface area contributed by atoms with Crippen molar-refractivity contribution in [2.75, 3.05) is 51.4 Å². The summed E-state index contributed by atoms with van der Waals surface area (Å²) >= 11 is 0. The zero-order valence-electron chi connectivity index (χ0n) is 22.6. The number of nitrogens with zero attached hydrogens (tertiary/aromatic N) is 5. The molecule has 1 fully saturated rings. The van der Waals surface area contributed by atoms with E-state index in [0.717, 1.165) is 23.0 Å². The maximum atomic E-state index is 12.7. The summed E-state index contributed by atoms with van der Waals surface area (Å²) < 4.78 is 0. The molecule has 4 rings (SSSR count). The van der Waals surface area contributed by atoms with Crippen LogP contribution in [-0.4, -0.2) is 88.6 Å². The quantitative estimate of drug-likeness (QED) is 0.179. The van der Waals surface area contributed by atoms with E-state index in [1.165, 1.54) is 0 Å². The van der Waals surface area contributed by atoms with Crippen LogP contribution in [0.5, 0.6) is 0 Å². The molecule has 1 unspecified atom stereocenters. The Morgan fingerprint density at radius 3 is 2.97 bits per heavy atom. The first-order valence-electron chi connectivity index (χ1n) is 13.1. The number of fused-ring (bicyclic) bond motifs is 1. The SMILES string of the molecule is CNc1nc(Nc2ccc3[nH]ncc3c2)ncc1C#CCCCNC(=O)C1CCCN1C(=O)C=CCN(C)C. The fraction of sp³-hybridized carbons (Fsp3) is 0.393. The van der Waals surface area contributed by atoms with Gasteiger partial charge >= 0.3 is 0 Å². The summed E-state index contributed by atoms with van der Waals surface area (Å²) in [4.78, 5) is 37.7. The van der Waals surface area contributed by atoms with Gasteiger partial charge in [-0.3, -0.25) is 14.7 Å². The molecule has 11 nitrogen and oxygen atoms in total. The van der Waals surface area contributed by atoms with Crippen molar-refractivity contribution in [2.24, 2.45) is 0 Å². The first-order chi connectivity index (χ1) is 18.9. The van der Waals surface area contributed by atoms with Crippen LogP contribution in [0.25, 0.3) is 10.9 Å². The average Bonchev–Trinajstić information content (AvgIpc) is 3.60. The molecule has 1 aliphatic rings. The molecular weight excluding hydrogens is 494 g/mol. The fourth-order valence-corrected chi connectivity index (χ4v) is 4.30. The number of hydrogen-bond acceptors (Lipinski definition) is 8. The zero-order chi connectivity index (χ0) is 27.6. The van der Waals surface area contributed by atoms with E-state index in [1.807, 2.05) is 43.3 Å². The number of likely N-dealkylation sites (tertiary alicyclic amines) is 1. The van der Waals surface area contributed by atoms with E-state index < -0.39 is 6.04 Å². The van der Waals surface area contributed by atoms with Gasteiger partial charge in [0.15, 0.2) is 0 Å². The summed E-state index contributed by atoms with van der Waals surface area (Å²) in [5.41, 5.74) is 2.51. The van der Waals surface area contributed by atoms with Gasteiger partial charge in [0.05, 0.1) is 23.5 Å². The molecule has 3 heterocycles. The number of carbonyl (C=O) groups is 2. The molecule has 1 saturated heterocycles. The van der Waals surface area contributed by atoms with Crippen molar-refractivity contribution in [1.82, 2.24) is 35.3 Å². The molecule has 4 N–H and O–H groups in total. The number of carbonyl (C=O) groups excluding carboxylic acids is 2. The molecule has 0 saturated carbocycles. The smallest absolute Gasteiger partial charge is 0.246 e. The zero-order valence-corrected chi connectivity index (χ0v) is 22.6. The van der Waals surface area contributed by atoms with Crippen molar-refractivity contribution in [3.63, 3.8) is 0 Å². The summed E-state index contributed by atoms with van der Waals surface area (Å²) in [5, 5.41) is 17.2. The lowest BCUT2D eigenvalue weighted by Crippen LogP contribution is -2.45. The highest BCUT2D eigenvalue weighted by atomic mass is 16.2. The largest absolute Gasteiger partial charge is 0.372 e. The van der Waals surface area contributed by atoms with Crippen LogP contribution in [0.3, 0.4) is 0 Å².